The van der Waals surface area contributed by atoms with Gasteiger partial charge in [-0.3, -0.25) is 4.79 Å². The molecule has 4 rings (SSSR count). The van der Waals surface area contributed by atoms with Crippen molar-refractivity contribution in [3.63, 3.8) is 0 Å². The summed E-state index contributed by atoms with van der Waals surface area (Å²) in [6.07, 6.45) is 1.23. The van der Waals surface area contributed by atoms with Crippen LogP contribution in [0.1, 0.15) is 35.0 Å². The lowest BCUT2D eigenvalue weighted by atomic mass is 10.1. The molecule has 3 N–H and O–H groups in total. The fraction of sp³-hybridized carbons (Fsp3) is 0.333. The highest BCUT2D eigenvalue weighted by Crippen LogP contribution is 2.36. The summed E-state index contributed by atoms with van der Waals surface area (Å²) in [7, 11) is 3.10. The molecule has 1 atom stereocenters. The standard InChI is InChI=1S/C24H26ClN3O4S/c1-31-19-9-8-15(11-20(19)32-2)18(29)13-28(12-14-6-7-14)23(30)21-22(33-24(26)27-21)16-4-3-5-17(25)10-16/h3-5,8-11,14,18,29H,6-7,12-13H2,1-2H3,(H2,26,27). The first kappa shape index (κ1) is 23.4. The zero-order chi connectivity index (χ0) is 23.5. The number of thiazole rings is 1. The number of carbonyl (C=O) groups excluding carboxylic acids is 1. The molecule has 1 amide bonds. The fourth-order valence-corrected chi connectivity index (χ4v) is 4.69. The van der Waals surface area contributed by atoms with Crippen LogP contribution in [0.25, 0.3) is 10.4 Å². The summed E-state index contributed by atoms with van der Waals surface area (Å²) in [4.78, 5) is 20.3. The molecule has 33 heavy (non-hydrogen) atoms. The Kier molecular flexibility index (Phi) is 7.07. The minimum Gasteiger partial charge on any atom is -0.493 e. The second-order valence-electron chi connectivity index (χ2n) is 8.02. The van der Waals surface area contributed by atoms with Crippen LogP contribution in [0.4, 0.5) is 5.13 Å². The van der Waals surface area contributed by atoms with Crippen LogP contribution in [0.15, 0.2) is 42.5 Å². The zero-order valence-electron chi connectivity index (χ0n) is 18.5. The van der Waals surface area contributed by atoms with E-state index in [9.17, 15) is 9.90 Å². The van der Waals surface area contributed by atoms with Gasteiger partial charge in [-0.2, -0.15) is 0 Å². The molecule has 1 saturated carbocycles. The molecular formula is C24H26ClN3O4S. The van der Waals surface area contributed by atoms with Crippen molar-refractivity contribution >= 4 is 34.0 Å². The molecule has 1 aliphatic carbocycles. The van der Waals surface area contributed by atoms with Gasteiger partial charge >= 0.3 is 0 Å². The summed E-state index contributed by atoms with van der Waals surface area (Å²) in [5.74, 6) is 1.26. The number of hydrogen-bond donors (Lipinski definition) is 2. The highest BCUT2D eigenvalue weighted by molar-refractivity contribution is 7.19. The highest BCUT2D eigenvalue weighted by Gasteiger charge is 2.31. The first-order valence-corrected chi connectivity index (χ1v) is 11.8. The molecule has 1 heterocycles. The fourth-order valence-electron chi connectivity index (χ4n) is 3.68. The van der Waals surface area contributed by atoms with Gasteiger partial charge in [0.2, 0.25) is 0 Å². The normalized spacial score (nSPS) is 14.1. The molecular weight excluding hydrogens is 462 g/mol. The van der Waals surface area contributed by atoms with Gasteiger partial charge in [0.15, 0.2) is 16.6 Å². The van der Waals surface area contributed by atoms with Gasteiger partial charge in [-0.05, 0) is 54.2 Å². The molecule has 9 heteroatoms. The first-order valence-electron chi connectivity index (χ1n) is 10.6. The summed E-state index contributed by atoms with van der Waals surface area (Å²) in [6, 6.07) is 12.5. The quantitative estimate of drug-likeness (QED) is 0.456. The van der Waals surface area contributed by atoms with E-state index in [2.05, 4.69) is 4.98 Å². The second kappa shape index (κ2) is 9.99. The van der Waals surface area contributed by atoms with Crippen molar-refractivity contribution in [1.29, 1.82) is 0 Å². The van der Waals surface area contributed by atoms with E-state index in [4.69, 9.17) is 26.8 Å². The predicted octanol–water partition coefficient (Wildman–Crippen LogP) is 4.65. The maximum atomic E-state index is 13.6. The smallest absolute Gasteiger partial charge is 0.274 e. The van der Waals surface area contributed by atoms with Crippen LogP contribution in [0.3, 0.4) is 0 Å². The van der Waals surface area contributed by atoms with Crippen LogP contribution in [0.5, 0.6) is 11.5 Å². The van der Waals surface area contributed by atoms with Crippen LogP contribution < -0.4 is 15.2 Å². The van der Waals surface area contributed by atoms with E-state index in [1.54, 1.807) is 49.5 Å². The molecule has 0 spiro atoms. The maximum Gasteiger partial charge on any atom is 0.274 e. The second-order valence-corrected chi connectivity index (χ2v) is 9.49. The maximum absolute atomic E-state index is 13.6. The van der Waals surface area contributed by atoms with Crippen LogP contribution in [0, 0.1) is 5.92 Å². The Bertz CT molecular complexity index is 1150. The lowest BCUT2D eigenvalue weighted by Gasteiger charge is -2.25. The number of carbonyl (C=O) groups is 1. The van der Waals surface area contributed by atoms with Gasteiger partial charge in [0.05, 0.1) is 31.7 Å². The number of rotatable bonds is 9. The largest absolute Gasteiger partial charge is 0.493 e. The minimum atomic E-state index is -0.905. The number of anilines is 1. The molecule has 7 nitrogen and oxygen atoms in total. The van der Waals surface area contributed by atoms with Crippen molar-refractivity contribution in [1.82, 2.24) is 9.88 Å². The number of nitrogens with zero attached hydrogens (tertiary/aromatic N) is 2. The zero-order valence-corrected chi connectivity index (χ0v) is 20.0. The van der Waals surface area contributed by atoms with Crippen LogP contribution in [0.2, 0.25) is 5.02 Å². The third-order valence-corrected chi connectivity index (χ3v) is 6.75. The highest BCUT2D eigenvalue weighted by atomic mass is 35.5. The Morgan fingerprint density at radius 2 is 2.00 bits per heavy atom. The summed E-state index contributed by atoms with van der Waals surface area (Å²) < 4.78 is 10.6. The number of benzene rings is 2. The van der Waals surface area contributed by atoms with Crippen molar-refractivity contribution < 1.29 is 19.4 Å². The van der Waals surface area contributed by atoms with Crippen molar-refractivity contribution in [2.75, 3.05) is 33.0 Å². The Hall–Kier alpha value is -2.81. The van der Waals surface area contributed by atoms with Crippen LogP contribution >= 0.6 is 22.9 Å². The Balaban J connectivity index is 1.61. The van der Waals surface area contributed by atoms with Crippen LogP contribution in [-0.2, 0) is 0 Å². The molecule has 174 valence electrons. The average molecular weight is 488 g/mol. The first-order chi connectivity index (χ1) is 15.9. The molecule has 0 saturated heterocycles. The lowest BCUT2D eigenvalue weighted by Crippen LogP contribution is -2.37. The Morgan fingerprint density at radius 1 is 1.24 bits per heavy atom. The topological polar surface area (TPSA) is 97.9 Å². The molecule has 3 aromatic rings. The molecule has 1 aliphatic rings. The number of methoxy groups -OCH3 is 2. The van der Waals surface area contributed by atoms with Crippen molar-refractivity contribution in [3.05, 3.63) is 58.7 Å². The summed E-state index contributed by atoms with van der Waals surface area (Å²) >= 11 is 7.41. The van der Waals surface area contributed by atoms with Crippen molar-refractivity contribution in [3.8, 4) is 21.9 Å². The van der Waals surface area contributed by atoms with Gasteiger partial charge in [0.1, 0.15) is 5.69 Å². The third-order valence-electron chi connectivity index (χ3n) is 5.58. The van der Waals surface area contributed by atoms with Gasteiger partial charge in [-0.1, -0.05) is 41.1 Å². The number of amides is 1. The third kappa shape index (κ3) is 5.40. The minimum absolute atomic E-state index is 0.122. The number of aromatic nitrogens is 1. The number of halogens is 1. The Labute approximate surface area is 201 Å². The summed E-state index contributed by atoms with van der Waals surface area (Å²) in [5.41, 5.74) is 7.68. The number of aliphatic hydroxyl groups is 1. The predicted molar refractivity (Wildman–Crippen MR) is 130 cm³/mol. The van der Waals surface area contributed by atoms with Crippen molar-refractivity contribution in [2.45, 2.75) is 18.9 Å². The number of aliphatic hydroxyl groups excluding tert-OH is 1. The van der Waals surface area contributed by atoms with Gasteiger partial charge < -0.3 is 25.2 Å². The van der Waals surface area contributed by atoms with Gasteiger partial charge in [-0.15, -0.1) is 0 Å². The van der Waals surface area contributed by atoms with Crippen LogP contribution in [-0.4, -0.2) is 48.2 Å². The van der Waals surface area contributed by atoms with E-state index in [-0.39, 0.29) is 18.1 Å². The van der Waals surface area contributed by atoms with Gasteiger partial charge in [0, 0.05) is 11.6 Å². The number of hydrogen-bond acceptors (Lipinski definition) is 7. The molecule has 0 bridgehead atoms. The van der Waals surface area contributed by atoms with E-state index >= 15 is 0 Å². The number of nitrogens with two attached hydrogens (primary N) is 1. The molecule has 1 aromatic heterocycles. The van der Waals surface area contributed by atoms with Crippen molar-refractivity contribution in [2.24, 2.45) is 5.92 Å². The Morgan fingerprint density at radius 3 is 2.67 bits per heavy atom. The molecule has 0 aliphatic heterocycles. The molecule has 1 unspecified atom stereocenters. The number of ether oxygens (including phenoxy) is 2. The molecule has 2 aromatic carbocycles. The van der Waals surface area contributed by atoms with Gasteiger partial charge in [0.25, 0.3) is 5.91 Å². The van der Waals surface area contributed by atoms with E-state index in [0.29, 0.717) is 44.6 Å². The SMILES string of the molecule is COc1ccc(C(O)CN(CC2CC2)C(=O)c2nc(N)sc2-c2cccc(Cl)c2)cc1OC. The van der Waals surface area contributed by atoms with E-state index < -0.39 is 6.10 Å². The van der Waals surface area contributed by atoms with E-state index in [0.717, 1.165) is 18.4 Å². The molecule has 1 fully saturated rings. The van der Waals surface area contributed by atoms with E-state index in [1.165, 1.54) is 11.3 Å². The van der Waals surface area contributed by atoms with E-state index in [1.807, 2.05) is 12.1 Å². The summed E-state index contributed by atoms with van der Waals surface area (Å²) in [6.45, 7) is 0.673. The number of nitrogen functional groups attached to an aromatic ring is 1. The van der Waals surface area contributed by atoms with Gasteiger partial charge in [-0.25, -0.2) is 4.98 Å². The lowest BCUT2D eigenvalue weighted by molar-refractivity contribution is 0.0606. The average Bonchev–Trinajstić information content (AvgIpc) is 3.55. The summed E-state index contributed by atoms with van der Waals surface area (Å²) in [5, 5.41) is 11.9. The monoisotopic (exact) mass is 487 g/mol. The molecule has 0 radical (unpaired) electrons.